The average Bonchev–Trinajstić information content (AvgIpc) is 3.11. The standard InChI is InChI=1S/C21H25N3O2/c1-6-15-7-9-16(10-8-15)17-12-22-19(23-17)13-24(18-11-14(18)2)20(25)26-21(3,4)5/h1,7-10,12,14,18H,11,13H2,2-5H3,(H,22,23)/t14?,18-/m1/s1. The molecule has 1 aromatic heterocycles. The molecule has 0 bridgehead atoms. The molecule has 1 fully saturated rings. The lowest BCUT2D eigenvalue weighted by molar-refractivity contribution is 0.0203. The second kappa shape index (κ2) is 6.87. The Hall–Kier alpha value is -2.74. The molecular weight excluding hydrogens is 326 g/mol. The van der Waals surface area contributed by atoms with Gasteiger partial charge in [-0.3, -0.25) is 4.90 Å². The molecule has 1 heterocycles. The first-order chi connectivity index (χ1) is 12.3. The first-order valence-electron chi connectivity index (χ1n) is 8.87. The molecule has 5 nitrogen and oxygen atoms in total. The van der Waals surface area contributed by atoms with Gasteiger partial charge in [0.15, 0.2) is 0 Å². The largest absolute Gasteiger partial charge is 0.444 e. The van der Waals surface area contributed by atoms with E-state index in [2.05, 4.69) is 22.8 Å². The minimum atomic E-state index is -0.513. The van der Waals surface area contributed by atoms with Crippen LogP contribution in [0.2, 0.25) is 0 Å². The van der Waals surface area contributed by atoms with Gasteiger partial charge in [0.2, 0.25) is 0 Å². The summed E-state index contributed by atoms with van der Waals surface area (Å²) in [6.45, 7) is 8.19. The highest BCUT2D eigenvalue weighted by atomic mass is 16.6. The highest BCUT2D eigenvalue weighted by molar-refractivity contribution is 5.69. The van der Waals surface area contributed by atoms with Crippen molar-refractivity contribution in [1.82, 2.24) is 14.9 Å². The number of hydrogen-bond acceptors (Lipinski definition) is 3. The predicted molar refractivity (Wildman–Crippen MR) is 101 cm³/mol. The van der Waals surface area contributed by atoms with Gasteiger partial charge in [-0.15, -0.1) is 6.42 Å². The third-order valence-corrected chi connectivity index (χ3v) is 4.41. The number of imidazole rings is 1. The molecule has 5 heteroatoms. The van der Waals surface area contributed by atoms with Crippen LogP contribution in [0.25, 0.3) is 11.3 Å². The quantitative estimate of drug-likeness (QED) is 0.840. The van der Waals surface area contributed by atoms with Crippen LogP contribution in [0.15, 0.2) is 30.5 Å². The van der Waals surface area contributed by atoms with Crippen LogP contribution in [0.5, 0.6) is 0 Å². The van der Waals surface area contributed by atoms with E-state index in [1.165, 1.54) is 0 Å². The Morgan fingerprint density at radius 2 is 2.04 bits per heavy atom. The number of carbonyl (C=O) groups is 1. The van der Waals surface area contributed by atoms with E-state index in [1.807, 2.05) is 45.0 Å². The normalized spacial score (nSPS) is 18.9. The second-order valence-corrected chi connectivity index (χ2v) is 7.85. The number of aromatic amines is 1. The number of rotatable bonds is 4. The maximum Gasteiger partial charge on any atom is 0.410 e. The molecule has 1 unspecified atom stereocenters. The fourth-order valence-electron chi connectivity index (χ4n) is 2.87. The SMILES string of the molecule is C#Cc1ccc(-c2cnc(CN(C(=O)OC(C)(C)C)[C@@H]3CC3C)[nH]2)cc1. The Morgan fingerprint density at radius 1 is 1.38 bits per heavy atom. The maximum absolute atomic E-state index is 12.6. The fourth-order valence-corrected chi connectivity index (χ4v) is 2.87. The Balaban J connectivity index is 1.74. The van der Waals surface area contributed by atoms with Gasteiger partial charge in [0.05, 0.1) is 18.4 Å². The van der Waals surface area contributed by atoms with Gasteiger partial charge in [0.1, 0.15) is 11.4 Å². The summed E-state index contributed by atoms with van der Waals surface area (Å²) in [6, 6.07) is 7.93. The van der Waals surface area contributed by atoms with Crippen LogP contribution in [-0.2, 0) is 11.3 Å². The molecule has 0 aliphatic heterocycles. The van der Waals surface area contributed by atoms with E-state index in [4.69, 9.17) is 11.2 Å². The van der Waals surface area contributed by atoms with Crippen molar-refractivity contribution in [2.24, 2.45) is 5.92 Å². The molecule has 0 spiro atoms. The molecule has 0 saturated heterocycles. The van der Waals surface area contributed by atoms with Crippen LogP contribution in [0.3, 0.4) is 0 Å². The van der Waals surface area contributed by atoms with Crippen molar-refractivity contribution >= 4 is 6.09 Å². The molecule has 1 aliphatic rings. The van der Waals surface area contributed by atoms with Crippen LogP contribution < -0.4 is 0 Å². The summed E-state index contributed by atoms with van der Waals surface area (Å²) in [5.74, 6) is 3.84. The zero-order valence-electron chi connectivity index (χ0n) is 15.7. The van der Waals surface area contributed by atoms with Gasteiger partial charge < -0.3 is 9.72 Å². The van der Waals surface area contributed by atoms with Gasteiger partial charge in [-0.05, 0) is 50.8 Å². The molecule has 0 radical (unpaired) electrons. The summed E-state index contributed by atoms with van der Waals surface area (Å²) in [5, 5.41) is 0. The van der Waals surface area contributed by atoms with E-state index in [0.29, 0.717) is 12.5 Å². The van der Waals surface area contributed by atoms with E-state index in [-0.39, 0.29) is 12.1 Å². The van der Waals surface area contributed by atoms with Crippen molar-refractivity contribution in [2.75, 3.05) is 0 Å². The van der Waals surface area contributed by atoms with Gasteiger partial charge in [0, 0.05) is 11.6 Å². The maximum atomic E-state index is 12.6. The monoisotopic (exact) mass is 351 g/mol. The summed E-state index contributed by atoms with van der Waals surface area (Å²) in [5.41, 5.74) is 2.23. The topological polar surface area (TPSA) is 58.2 Å². The van der Waals surface area contributed by atoms with Crippen molar-refractivity contribution in [1.29, 1.82) is 0 Å². The van der Waals surface area contributed by atoms with E-state index in [9.17, 15) is 4.79 Å². The summed E-state index contributed by atoms with van der Waals surface area (Å²) < 4.78 is 5.57. The van der Waals surface area contributed by atoms with Gasteiger partial charge in [-0.2, -0.15) is 0 Å². The molecule has 1 aliphatic carbocycles. The number of terminal acetylenes is 1. The second-order valence-electron chi connectivity index (χ2n) is 7.85. The summed E-state index contributed by atoms with van der Waals surface area (Å²) >= 11 is 0. The molecule has 1 N–H and O–H groups in total. The van der Waals surface area contributed by atoms with Crippen molar-refractivity contribution in [3.05, 3.63) is 41.9 Å². The van der Waals surface area contributed by atoms with Crippen molar-refractivity contribution in [2.45, 2.75) is 52.3 Å². The third-order valence-electron chi connectivity index (χ3n) is 4.41. The van der Waals surface area contributed by atoms with Crippen LogP contribution >= 0.6 is 0 Å². The zero-order chi connectivity index (χ0) is 18.9. The van der Waals surface area contributed by atoms with Crippen LogP contribution in [0, 0.1) is 18.3 Å². The Morgan fingerprint density at radius 3 is 2.58 bits per heavy atom. The number of carbonyl (C=O) groups excluding carboxylic acids is 1. The number of aromatic nitrogens is 2. The molecule has 2 atom stereocenters. The number of nitrogens with one attached hydrogen (secondary N) is 1. The highest BCUT2D eigenvalue weighted by Crippen LogP contribution is 2.36. The molecular formula is C21H25N3O2. The molecule has 1 saturated carbocycles. The molecule has 26 heavy (non-hydrogen) atoms. The third kappa shape index (κ3) is 4.26. The van der Waals surface area contributed by atoms with Gasteiger partial charge in [-0.1, -0.05) is 25.0 Å². The first kappa shape index (κ1) is 18.1. The van der Waals surface area contributed by atoms with E-state index in [1.54, 1.807) is 11.1 Å². The molecule has 3 rings (SSSR count). The number of nitrogens with zero attached hydrogens (tertiary/aromatic N) is 2. The lowest BCUT2D eigenvalue weighted by atomic mass is 10.1. The Kier molecular flexibility index (Phi) is 4.78. The lowest BCUT2D eigenvalue weighted by Crippen LogP contribution is -2.38. The molecule has 2 aromatic rings. The number of H-pyrrole nitrogens is 1. The number of amides is 1. The first-order valence-corrected chi connectivity index (χ1v) is 8.87. The summed E-state index contributed by atoms with van der Waals surface area (Å²) in [6.07, 6.45) is 7.89. The van der Waals surface area contributed by atoms with Crippen molar-refractivity contribution in [3.63, 3.8) is 0 Å². The lowest BCUT2D eigenvalue weighted by Gasteiger charge is -2.27. The van der Waals surface area contributed by atoms with Gasteiger partial charge in [-0.25, -0.2) is 9.78 Å². The Bertz CT molecular complexity index is 824. The fraction of sp³-hybridized carbons (Fsp3) is 0.429. The predicted octanol–water partition coefficient (Wildman–Crippen LogP) is 4.20. The molecule has 1 aromatic carbocycles. The minimum absolute atomic E-state index is 0.216. The number of benzene rings is 1. The van der Waals surface area contributed by atoms with Gasteiger partial charge in [0.25, 0.3) is 0 Å². The van der Waals surface area contributed by atoms with Crippen LogP contribution in [-0.4, -0.2) is 32.6 Å². The van der Waals surface area contributed by atoms with Crippen LogP contribution in [0.4, 0.5) is 4.79 Å². The number of hydrogen-bond donors (Lipinski definition) is 1. The summed E-state index contributed by atoms with van der Waals surface area (Å²) in [4.78, 5) is 22.1. The van der Waals surface area contributed by atoms with Crippen LogP contribution in [0.1, 0.15) is 45.5 Å². The minimum Gasteiger partial charge on any atom is -0.444 e. The molecule has 136 valence electrons. The highest BCUT2D eigenvalue weighted by Gasteiger charge is 2.42. The van der Waals surface area contributed by atoms with Gasteiger partial charge >= 0.3 is 6.09 Å². The van der Waals surface area contributed by atoms with E-state index < -0.39 is 5.60 Å². The zero-order valence-corrected chi connectivity index (χ0v) is 15.7. The summed E-state index contributed by atoms with van der Waals surface area (Å²) in [7, 11) is 0. The van der Waals surface area contributed by atoms with Crippen molar-refractivity contribution in [3.8, 4) is 23.6 Å². The molecule has 1 amide bonds. The van der Waals surface area contributed by atoms with Crippen molar-refractivity contribution < 1.29 is 9.53 Å². The van der Waals surface area contributed by atoms with E-state index >= 15 is 0 Å². The average molecular weight is 351 g/mol. The van der Waals surface area contributed by atoms with E-state index in [0.717, 1.165) is 29.1 Å². The smallest absolute Gasteiger partial charge is 0.410 e. The number of ether oxygens (including phenoxy) is 1. The Labute approximate surface area is 154 Å².